The van der Waals surface area contributed by atoms with Gasteiger partial charge in [0.15, 0.2) is 0 Å². The van der Waals surface area contributed by atoms with Crippen LogP contribution in [-0.2, 0) is 14.8 Å². The van der Waals surface area contributed by atoms with Crippen LogP contribution in [0.4, 0.5) is 11.4 Å². The zero-order valence-corrected chi connectivity index (χ0v) is 19.5. The predicted octanol–water partition coefficient (Wildman–Crippen LogP) is 3.99. The van der Waals surface area contributed by atoms with Crippen LogP contribution >= 0.6 is 11.6 Å². The molecule has 2 saturated heterocycles. The minimum Gasteiger partial charge on any atom is -0.378 e. The second kappa shape index (κ2) is 10.2. The second-order valence-corrected chi connectivity index (χ2v) is 10.4. The molecule has 2 aromatic carbocycles. The van der Waals surface area contributed by atoms with Crippen molar-refractivity contribution in [1.82, 2.24) is 4.31 Å². The largest absolute Gasteiger partial charge is 0.378 e. The summed E-state index contributed by atoms with van der Waals surface area (Å²) in [5.41, 5.74) is 1.73. The number of hydrogen-bond donors (Lipinski definition) is 1. The Morgan fingerprint density at radius 2 is 1.66 bits per heavy atom. The highest BCUT2D eigenvalue weighted by Gasteiger charge is 2.26. The molecule has 7 nitrogen and oxygen atoms in total. The molecule has 0 unspecified atom stereocenters. The topological polar surface area (TPSA) is 79.0 Å². The zero-order chi connectivity index (χ0) is 22.6. The Bertz CT molecular complexity index is 1060. The minimum absolute atomic E-state index is 0.145. The highest BCUT2D eigenvalue weighted by atomic mass is 35.5. The number of sulfonamides is 1. The quantitative estimate of drug-likeness (QED) is 0.704. The number of halogens is 1. The molecule has 0 bridgehead atoms. The summed E-state index contributed by atoms with van der Waals surface area (Å²) in [6, 6.07) is 11.6. The molecule has 2 aliphatic rings. The fourth-order valence-corrected chi connectivity index (χ4v) is 5.85. The number of anilines is 2. The maximum atomic E-state index is 13.1. The van der Waals surface area contributed by atoms with Crippen LogP contribution in [0.1, 0.15) is 36.0 Å². The average Bonchev–Trinajstić information content (AvgIpc) is 3.10. The van der Waals surface area contributed by atoms with E-state index in [0.29, 0.717) is 50.1 Å². The van der Waals surface area contributed by atoms with Crippen molar-refractivity contribution in [2.45, 2.75) is 30.6 Å². The van der Waals surface area contributed by atoms with Crippen molar-refractivity contribution in [1.29, 1.82) is 0 Å². The van der Waals surface area contributed by atoms with E-state index in [2.05, 4.69) is 10.2 Å². The SMILES string of the molecule is O=C(Nc1cc(Cl)ccc1N1CCOCC1)c1cccc(S(=O)(=O)N2CCCCCC2)c1. The molecule has 2 heterocycles. The first-order valence-corrected chi connectivity index (χ1v) is 12.8. The van der Waals surface area contributed by atoms with Crippen molar-refractivity contribution in [2.24, 2.45) is 0 Å². The molecule has 0 saturated carbocycles. The zero-order valence-electron chi connectivity index (χ0n) is 17.9. The first-order chi connectivity index (χ1) is 15.4. The molecule has 1 amide bonds. The summed E-state index contributed by atoms with van der Waals surface area (Å²) >= 11 is 6.19. The van der Waals surface area contributed by atoms with E-state index in [4.69, 9.17) is 16.3 Å². The summed E-state index contributed by atoms with van der Waals surface area (Å²) in [7, 11) is -3.64. The Morgan fingerprint density at radius 1 is 0.938 bits per heavy atom. The number of nitrogens with one attached hydrogen (secondary N) is 1. The van der Waals surface area contributed by atoms with Gasteiger partial charge in [0.05, 0.1) is 29.5 Å². The molecular weight excluding hydrogens is 450 g/mol. The van der Waals surface area contributed by atoms with Gasteiger partial charge in [0, 0.05) is 36.8 Å². The Morgan fingerprint density at radius 3 is 2.38 bits per heavy atom. The van der Waals surface area contributed by atoms with Crippen LogP contribution in [0.3, 0.4) is 0 Å². The van der Waals surface area contributed by atoms with Gasteiger partial charge in [-0.3, -0.25) is 4.79 Å². The number of morpholine rings is 1. The van der Waals surface area contributed by atoms with E-state index in [1.54, 1.807) is 30.3 Å². The highest BCUT2D eigenvalue weighted by molar-refractivity contribution is 7.89. The van der Waals surface area contributed by atoms with Gasteiger partial charge in [0.1, 0.15) is 0 Å². The Hall–Kier alpha value is -2.13. The van der Waals surface area contributed by atoms with Crippen molar-refractivity contribution in [3.8, 4) is 0 Å². The molecule has 0 radical (unpaired) electrons. The molecular formula is C23H28ClN3O4S. The van der Waals surface area contributed by atoms with Gasteiger partial charge < -0.3 is 15.0 Å². The van der Waals surface area contributed by atoms with E-state index < -0.39 is 10.0 Å². The van der Waals surface area contributed by atoms with Crippen LogP contribution in [0, 0.1) is 0 Å². The fourth-order valence-electron chi connectivity index (χ4n) is 4.11. The Kier molecular flexibility index (Phi) is 7.35. The smallest absolute Gasteiger partial charge is 0.255 e. The van der Waals surface area contributed by atoms with Crippen molar-refractivity contribution in [3.05, 3.63) is 53.1 Å². The molecule has 1 N–H and O–H groups in total. The molecule has 2 aliphatic heterocycles. The lowest BCUT2D eigenvalue weighted by Crippen LogP contribution is -2.36. The molecule has 0 atom stereocenters. The summed E-state index contributed by atoms with van der Waals surface area (Å²) < 4.78 is 33.2. The number of nitrogens with zero attached hydrogens (tertiary/aromatic N) is 2. The van der Waals surface area contributed by atoms with Crippen LogP contribution < -0.4 is 10.2 Å². The summed E-state index contributed by atoms with van der Waals surface area (Å²) in [6.45, 7) is 3.70. The monoisotopic (exact) mass is 477 g/mol. The Labute approximate surface area is 194 Å². The van der Waals surface area contributed by atoms with Gasteiger partial charge >= 0.3 is 0 Å². The standard InChI is InChI=1S/C23H28ClN3O4S/c24-19-8-9-22(26-12-14-31-15-13-26)21(17-19)25-23(28)18-6-5-7-20(16-18)32(29,30)27-10-3-1-2-4-11-27/h5-9,16-17H,1-4,10-15H2,(H,25,28). The normalized spacial score (nSPS) is 18.2. The Balaban J connectivity index is 1.57. The van der Waals surface area contributed by atoms with Crippen molar-refractivity contribution in [3.63, 3.8) is 0 Å². The number of carbonyl (C=O) groups excluding carboxylic acids is 1. The number of carbonyl (C=O) groups is 1. The van der Waals surface area contributed by atoms with E-state index in [1.165, 1.54) is 10.4 Å². The van der Waals surface area contributed by atoms with Crippen molar-refractivity contribution in [2.75, 3.05) is 49.6 Å². The predicted molar refractivity (Wildman–Crippen MR) is 126 cm³/mol. The molecule has 32 heavy (non-hydrogen) atoms. The number of benzene rings is 2. The minimum atomic E-state index is -3.64. The first kappa shape index (κ1) is 23.0. The van der Waals surface area contributed by atoms with Gasteiger partial charge in [0.25, 0.3) is 5.91 Å². The molecule has 2 aromatic rings. The van der Waals surface area contributed by atoms with Gasteiger partial charge in [0.2, 0.25) is 10.0 Å². The third-order valence-electron chi connectivity index (χ3n) is 5.86. The summed E-state index contributed by atoms with van der Waals surface area (Å²) in [5.74, 6) is -0.380. The molecule has 0 aliphatic carbocycles. The van der Waals surface area contributed by atoms with E-state index in [9.17, 15) is 13.2 Å². The highest BCUT2D eigenvalue weighted by Crippen LogP contribution is 2.30. The lowest BCUT2D eigenvalue weighted by atomic mass is 10.2. The van der Waals surface area contributed by atoms with E-state index in [0.717, 1.165) is 31.4 Å². The van der Waals surface area contributed by atoms with E-state index in [-0.39, 0.29) is 16.4 Å². The van der Waals surface area contributed by atoms with Crippen molar-refractivity contribution >= 4 is 38.9 Å². The van der Waals surface area contributed by atoms with Gasteiger partial charge in [-0.05, 0) is 49.2 Å². The second-order valence-electron chi connectivity index (χ2n) is 8.06. The van der Waals surface area contributed by atoms with Gasteiger partial charge in [-0.2, -0.15) is 4.31 Å². The average molecular weight is 478 g/mol. The summed E-state index contributed by atoms with van der Waals surface area (Å²) in [5, 5.41) is 3.43. The van der Waals surface area contributed by atoms with Crippen LogP contribution in [0.25, 0.3) is 0 Å². The summed E-state index contributed by atoms with van der Waals surface area (Å²) in [6.07, 6.45) is 3.80. The molecule has 172 valence electrons. The number of amides is 1. The van der Waals surface area contributed by atoms with E-state index >= 15 is 0 Å². The van der Waals surface area contributed by atoms with Gasteiger partial charge in [-0.1, -0.05) is 30.5 Å². The summed E-state index contributed by atoms with van der Waals surface area (Å²) in [4.78, 5) is 15.3. The fraction of sp³-hybridized carbons (Fsp3) is 0.435. The maximum Gasteiger partial charge on any atom is 0.255 e. The number of ether oxygens (including phenoxy) is 1. The van der Waals surface area contributed by atoms with Crippen LogP contribution in [0.5, 0.6) is 0 Å². The van der Waals surface area contributed by atoms with Crippen LogP contribution in [0.2, 0.25) is 5.02 Å². The molecule has 2 fully saturated rings. The third-order valence-corrected chi connectivity index (χ3v) is 7.99. The van der Waals surface area contributed by atoms with Crippen LogP contribution in [0.15, 0.2) is 47.4 Å². The maximum absolute atomic E-state index is 13.1. The molecule has 0 spiro atoms. The molecule has 0 aromatic heterocycles. The van der Waals surface area contributed by atoms with Crippen LogP contribution in [-0.4, -0.2) is 58.0 Å². The lowest BCUT2D eigenvalue weighted by Gasteiger charge is -2.30. The molecule has 9 heteroatoms. The van der Waals surface area contributed by atoms with E-state index in [1.807, 2.05) is 6.07 Å². The first-order valence-electron chi connectivity index (χ1n) is 11.0. The number of rotatable bonds is 5. The lowest BCUT2D eigenvalue weighted by molar-refractivity contribution is 0.102. The van der Waals surface area contributed by atoms with Crippen molar-refractivity contribution < 1.29 is 17.9 Å². The molecule has 4 rings (SSSR count). The van der Waals surface area contributed by atoms with Gasteiger partial charge in [-0.25, -0.2) is 8.42 Å². The third kappa shape index (κ3) is 5.26. The number of hydrogen-bond acceptors (Lipinski definition) is 5. The van der Waals surface area contributed by atoms with Gasteiger partial charge in [-0.15, -0.1) is 0 Å².